The van der Waals surface area contributed by atoms with Gasteiger partial charge in [0, 0.05) is 13.2 Å². The quantitative estimate of drug-likeness (QED) is 0.523. The van der Waals surface area contributed by atoms with Gasteiger partial charge in [0.1, 0.15) is 6.17 Å². The van der Waals surface area contributed by atoms with Gasteiger partial charge in [-0.1, -0.05) is 6.08 Å². The molecule has 0 spiro atoms. The number of rotatable bonds is 0. The van der Waals surface area contributed by atoms with Crippen molar-refractivity contribution in [3.8, 4) is 0 Å². The van der Waals surface area contributed by atoms with Crippen LogP contribution in [0.2, 0.25) is 0 Å². The van der Waals surface area contributed by atoms with Crippen molar-refractivity contribution in [3.05, 3.63) is 24.4 Å². The Balaban J connectivity index is 2.31. The summed E-state index contributed by atoms with van der Waals surface area (Å²) in [5.41, 5.74) is 5.63. The second kappa shape index (κ2) is 2.02. The van der Waals surface area contributed by atoms with E-state index in [-0.39, 0.29) is 6.17 Å². The van der Waals surface area contributed by atoms with E-state index in [2.05, 4.69) is 5.10 Å². The van der Waals surface area contributed by atoms with Gasteiger partial charge in [-0.25, -0.2) is 0 Å². The molecule has 2 N–H and O–H groups in total. The molecule has 2 aliphatic rings. The van der Waals surface area contributed by atoms with E-state index in [1.165, 1.54) is 0 Å². The summed E-state index contributed by atoms with van der Waals surface area (Å²) in [6.07, 6.45) is 8.08. The third kappa shape index (κ3) is 0.790. The third-order valence-corrected chi connectivity index (χ3v) is 1.83. The van der Waals surface area contributed by atoms with Crippen LogP contribution in [0.5, 0.6) is 0 Å². The molecule has 0 amide bonds. The van der Waals surface area contributed by atoms with E-state index in [4.69, 9.17) is 5.73 Å². The van der Waals surface area contributed by atoms with Gasteiger partial charge in [-0.3, -0.25) is 9.91 Å². The molecule has 11 heavy (non-hydrogen) atoms. The van der Waals surface area contributed by atoms with Gasteiger partial charge in [0.05, 0.1) is 0 Å². The Labute approximate surface area is 65.3 Å². The lowest BCUT2D eigenvalue weighted by atomic mass is 10.3. The van der Waals surface area contributed by atoms with Crippen molar-refractivity contribution in [1.82, 2.24) is 9.91 Å². The zero-order valence-corrected chi connectivity index (χ0v) is 6.31. The van der Waals surface area contributed by atoms with Gasteiger partial charge >= 0.3 is 0 Å². The van der Waals surface area contributed by atoms with Crippen LogP contribution in [0.1, 0.15) is 0 Å². The van der Waals surface area contributed by atoms with Crippen molar-refractivity contribution in [1.29, 1.82) is 0 Å². The van der Waals surface area contributed by atoms with E-state index in [0.717, 1.165) is 0 Å². The van der Waals surface area contributed by atoms with Crippen molar-refractivity contribution in [2.24, 2.45) is 10.8 Å². The largest absolute Gasteiger partial charge is 0.368 e. The normalized spacial score (nSPS) is 27.4. The Morgan fingerprint density at radius 2 is 2.36 bits per heavy atom. The summed E-state index contributed by atoms with van der Waals surface area (Å²) in [7, 11) is 1.90. The van der Waals surface area contributed by atoms with Crippen molar-refractivity contribution in [2.45, 2.75) is 6.17 Å². The predicted octanol–water partition coefficient (Wildman–Crippen LogP) is -0.127. The molecule has 0 saturated carbocycles. The summed E-state index contributed by atoms with van der Waals surface area (Å²) in [6.45, 7) is 0. The minimum absolute atomic E-state index is 0.181. The van der Waals surface area contributed by atoms with Gasteiger partial charge < -0.3 is 5.73 Å². The maximum absolute atomic E-state index is 5.63. The van der Waals surface area contributed by atoms with Crippen molar-refractivity contribution in [2.75, 3.05) is 7.05 Å². The zero-order chi connectivity index (χ0) is 7.84. The smallest absolute Gasteiger partial charge is 0.220 e. The van der Waals surface area contributed by atoms with Crippen molar-refractivity contribution >= 4 is 5.96 Å². The molecule has 0 bridgehead atoms. The van der Waals surface area contributed by atoms with Crippen LogP contribution in [0.3, 0.4) is 0 Å². The van der Waals surface area contributed by atoms with Gasteiger partial charge in [0.15, 0.2) is 0 Å². The number of likely N-dealkylation sites (N-methyl/N-ethyl adjacent to an activating group) is 1. The Bertz CT molecular complexity index is 253. The average Bonchev–Trinajstić information content (AvgIpc) is 2.30. The van der Waals surface area contributed by atoms with Gasteiger partial charge in [0.2, 0.25) is 5.96 Å². The molecule has 4 heteroatoms. The first-order valence-electron chi connectivity index (χ1n) is 3.49. The fourth-order valence-corrected chi connectivity index (χ4v) is 1.28. The first-order chi connectivity index (χ1) is 5.29. The molecular weight excluding hydrogens is 140 g/mol. The molecule has 0 aliphatic carbocycles. The van der Waals surface area contributed by atoms with Crippen LogP contribution in [-0.4, -0.2) is 29.1 Å². The van der Waals surface area contributed by atoms with Crippen molar-refractivity contribution < 1.29 is 0 Å². The first kappa shape index (κ1) is 6.27. The minimum atomic E-state index is 0.181. The summed E-state index contributed by atoms with van der Waals surface area (Å²) in [5, 5.41) is 5.91. The molecule has 1 atom stereocenters. The molecule has 0 aromatic rings. The lowest BCUT2D eigenvalue weighted by Crippen LogP contribution is -2.39. The van der Waals surface area contributed by atoms with Crippen LogP contribution in [0, 0.1) is 0 Å². The molecule has 0 saturated heterocycles. The van der Waals surface area contributed by atoms with E-state index in [1.54, 1.807) is 0 Å². The number of hydrogen-bond donors (Lipinski definition) is 1. The number of nitrogens with zero attached hydrogens (tertiary/aromatic N) is 3. The van der Waals surface area contributed by atoms with Crippen LogP contribution in [0.4, 0.5) is 0 Å². The van der Waals surface area contributed by atoms with Gasteiger partial charge in [0.25, 0.3) is 0 Å². The monoisotopic (exact) mass is 150 g/mol. The highest BCUT2D eigenvalue weighted by molar-refractivity contribution is 5.81. The summed E-state index contributed by atoms with van der Waals surface area (Å²) in [6, 6.07) is 0. The Morgan fingerprint density at radius 3 is 3.09 bits per heavy atom. The Hall–Kier alpha value is -1.45. The Morgan fingerprint density at radius 1 is 1.55 bits per heavy atom. The number of hydrogen-bond acceptors (Lipinski definition) is 4. The number of allylic oxidation sites excluding steroid dienone is 2. The lowest BCUT2D eigenvalue weighted by Gasteiger charge is -2.24. The molecule has 0 fully saturated rings. The lowest BCUT2D eigenvalue weighted by molar-refractivity contribution is 0.239. The van der Waals surface area contributed by atoms with Crippen molar-refractivity contribution in [3.63, 3.8) is 0 Å². The molecule has 0 aromatic heterocycles. The molecule has 2 heterocycles. The number of fused-ring (bicyclic) bond motifs is 1. The Kier molecular flexibility index (Phi) is 1.15. The summed E-state index contributed by atoms with van der Waals surface area (Å²) in [5.74, 6) is 0.554. The fraction of sp³-hybridized carbons (Fsp3) is 0.286. The van der Waals surface area contributed by atoms with Crippen LogP contribution in [-0.2, 0) is 0 Å². The molecule has 0 radical (unpaired) electrons. The van der Waals surface area contributed by atoms with Gasteiger partial charge in [-0.05, 0) is 12.2 Å². The maximum Gasteiger partial charge on any atom is 0.220 e. The zero-order valence-electron chi connectivity index (χ0n) is 6.31. The second-order valence-electron chi connectivity index (χ2n) is 2.58. The number of hydrazone groups is 1. The fourth-order valence-electron chi connectivity index (χ4n) is 1.28. The molecule has 4 nitrogen and oxygen atoms in total. The van der Waals surface area contributed by atoms with Crippen LogP contribution in [0.25, 0.3) is 0 Å². The van der Waals surface area contributed by atoms with E-state index in [1.807, 2.05) is 41.4 Å². The molecule has 58 valence electrons. The topological polar surface area (TPSA) is 44.9 Å². The van der Waals surface area contributed by atoms with E-state index >= 15 is 0 Å². The molecular formula is C7H10N4. The van der Waals surface area contributed by atoms with Crippen LogP contribution < -0.4 is 5.73 Å². The van der Waals surface area contributed by atoms with Crippen LogP contribution in [0.15, 0.2) is 29.5 Å². The first-order valence-corrected chi connectivity index (χ1v) is 3.49. The average molecular weight is 150 g/mol. The second-order valence-corrected chi connectivity index (χ2v) is 2.58. The summed E-state index contributed by atoms with van der Waals surface area (Å²) >= 11 is 0. The molecule has 1 unspecified atom stereocenters. The third-order valence-electron chi connectivity index (χ3n) is 1.83. The maximum atomic E-state index is 5.63. The predicted molar refractivity (Wildman–Crippen MR) is 43.3 cm³/mol. The molecule has 2 aliphatic heterocycles. The minimum Gasteiger partial charge on any atom is -0.368 e. The highest BCUT2D eigenvalue weighted by Gasteiger charge is 2.27. The molecule has 0 aromatic carbocycles. The van der Waals surface area contributed by atoms with Gasteiger partial charge in [-0.15, -0.1) is 5.10 Å². The van der Waals surface area contributed by atoms with Crippen LogP contribution >= 0.6 is 0 Å². The SMILES string of the molecule is CN1N=C(N)N2C=CC=CC12. The standard InChI is InChI=1S/C7H10N4/c1-10-6-4-2-3-5-11(6)7(8)9-10/h2-6H,1H3,(H2,8,9). The highest BCUT2D eigenvalue weighted by Crippen LogP contribution is 2.16. The number of nitrogens with two attached hydrogens (primary N) is 1. The number of guanidine groups is 1. The summed E-state index contributed by atoms with van der Waals surface area (Å²) in [4.78, 5) is 1.92. The van der Waals surface area contributed by atoms with E-state index < -0.39 is 0 Å². The summed E-state index contributed by atoms with van der Waals surface area (Å²) < 4.78 is 0. The van der Waals surface area contributed by atoms with E-state index in [9.17, 15) is 0 Å². The van der Waals surface area contributed by atoms with E-state index in [0.29, 0.717) is 5.96 Å². The molecule has 2 rings (SSSR count). The highest BCUT2D eigenvalue weighted by atomic mass is 15.6. The van der Waals surface area contributed by atoms with Gasteiger partial charge in [-0.2, -0.15) is 0 Å².